The molecule has 1 atom stereocenters. The zero-order valence-corrected chi connectivity index (χ0v) is 15.0. The minimum atomic E-state index is -0.436. The second-order valence-corrected chi connectivity index (χ2v) is 6.42. The average Bonchev–Trinajstić information content (AvgIpc) is 3.01. The first-order chi connectivity index (χ1) is 13.1. The summed E-state index contributed by atoms with van der Waals surface area (Å²) in [5.74, 6) is 0.881. The van der Waals surface area contributed by atoms with Gasteiger partial charge in [0.15, 0.2) is 5.69 Å². The van der Waals surface area contributed by atoms with Gasteiger partial charge < -0.3 is 14.8 Å². The summed E-state index contributed by atoms with van der Waals surface area (Å²) in [6, 6.07) is 10.5. The van der Waals surface area contributed by atoms with Gasteiger partial charge in [0, 0.05) is 23.4 Å². The number of rotatable bonds is 4. The van der Waals surface area contributed by atoms with Crippen LogP contribution in [0.5, 0.6) is 11.5 Å². The number of nitrogens with one attached hydrogen (secondary N) is 2. The van der Waals surface area contributed by atoms with Gasteiger partial charge in [0.25, 0.3) is 11.5 Å². The molecule has 0 fully saturated rings. The Kier molecular flexibility index (Phi) is 4.27. The summed E-state index contributed by atoms with van der Waals surface area (Å²) < 4.78 is 11.5. The molecule has 27 heavy (non-hydrogen) atoms. The third-order valence-electron chi connectivity index (χ3n) is 4.46. The first-order valence-corrected chi connectivity index (χ1v) is 8.82. The Morgan fingerprint density at radius 1 is 1.33 bits per heavy atom. The lowest BCUT2D eigenvalue weighted by Gasteiger charge is -2.14. The van der Waals surface area contributed by atoms with Crippen molar-refractivity contribution in [2.45, 2.75) is 26.4 Å². The number of amides is 1. The molecule has 0 saturated heterocycles. The maximum absolute atomic E-state index is 12.9. The molecule has 1 aromatic heterocycles. The number of aromatic amines is 1. The monoisotopic (exact) mass is 365 g/mol. The van der Waals surface area contributed by atoms with Gasteiger partial charge in [0.1, 0.15) is 17.6 Å². The average molecular weight is 365 g/mol. The van der Waals surface area contributed by atoms with Crippen LogP contribution in [0.2, 0.25) is 0 Å². The number of benzene rings is 2. The molecule has 1 aliphatic heterocycles. The summed E-state index contributed by atoms with van der Waals surface area (Å²) in [4.78, 5) is 24.8. The van der Waals surface area contributed by atoms with Crippen LogP contribution in [0.1, 0.15) is 29.9 Å². The van der Waals surface area contributed by atoms with Gasteiger partial charge in [-0.15, -0.1) is 0 Å². The number of aromatic nitrogens is 2. The summed E-state index contributed by atoms with van der Waals surface area (Å²) in [5, 5.41) is 10.1. The maximum atomic E-state index is 12.9. The molecule has 3 aromatic rings. The van der Waals surface area contributed by atoms with Crippen LogP contribution in [-0.2, 0) is 6.42 Å². The zero-order chi connectivity index (χ0) is 19.0. The van der Waals surface area contributed by atoms with Crippen molar-refractivity contribution in [1.29, 1.82) is 0 Å². The van der Waals surface area contributed by atoms with E-state index < -0.39 is 5.91 Å². The lowest BCUT2D eigenvalue weighted by Crippen LogP contribution is -2.19. The van der Waals surface area contributed by atoms with Crippen LogP contribution in [0.3, 0.4) is 0 Å². The highest BCUT2D eigenvalue weighted by atomic mass is 16.5. The van der Waals surface area contributed by atoms with E-state index in [1.54, 1.807) is 30.3 Å². The molecule has 0 spiro atoms. The molecule has 2 heterocycles. The number of nitrogens with zero attached hydrogens (tertiary/aromatic N) is 1. The molecule has 1 aliphatic rings. The van der Waals surface area contributed by atoms with Crippen molar-refractivity contribution in [3.05, 3.63) is 58.0 Å². The highest BCUT2D eigenvalue weighted by molar-refractivity contribution is 6.11. The molecule has 1 amide bonds. The molecule has 4 rings (SSSR count). The SMILES string of the molecule is CCOc1cc2c(cc1NC(=O)c1n[nH]c(=O)c3ccccc13)OC(C)C2. The van der Waals surface area contributed by atoms with Crippen molar-refractivity contribution < 1.29 is 14.3 Å². The Bertz CT molecular complexity index is 1090. The van der Waals surface area contributed by atoms with E-state index >= 15 is 0 Å². The predicted molar refractivity (Wildman–Crippen MR) is 102 cm³/mol. The number of hydrogen-bond acceptors (Lipinski definition) is 5. The molecule has 1 unspecified atom stereocenters. The largest absolute Gasteiger partial charge is 0.492 e. The fourth-order valence-electron chi connectivity index (χ4n) is 3.28. The molecule has 0 radical (unpaired) electrons. The Labute approximate surface area is 155 Å². The highest BCUT2D eigenvalue weighted by Crippen LogP contribution is 2.38. The van der Waals surface area contributed by atoms with Gasteiger partial charge in [-0.1, -0.05) is 18.2 Å². The summed E-state index contributed by atoms with van der Waals surface area (Å²) in [7, 11) is 0. The van der Waals surface area contributed by atoms with E-state index in [1.807, 2.05) is 19.9 Å². The van der Waals surface area contributed by atoms with E-state index in [-0.39, 0.29) is 17.4 Å². The first kappa shape index (κ1) is 17.1. The van der Waals surface area contributed by atoms with E-state index in [0.29, 0.717) is 28.8 Å². The van der Waals surface area contributed by atoms with Crippen molar-refractivity contribution in [3.63, 3.8) is 0 Å². The topological polar surface area (TPSA) is 93.3 Å². The molecule has 0 aliphatic carbocycles. The summed E-state index contributed by atoms with van der Waals surface area (Å²) in [5.41, 5.74) is 1.36. The fourth-order valence-corrected chi connectivity index (χ4v) is 3.28. The van der Waals surface area contributed by atoms with Crippen molar-refractivity contribution in [3.8, 4) is 11.5 Å². The van der Waals surface area contributed by atoms with Gasteiger partial charge in [-0.2, -0.15) is 5.10 Å². The normalized spacial score (nSPS) is 15.3. The van der Waals surface area contributed by atoms with Crippen molar-refractivity contribution in [2.75, 3.05) is 11.9 Å². The lowest BCUT2D eigenvalue weighted by molar-refractivity contribution is 0.102. The third-order valence-corrected chi connectivity index (χ3v) is 4.46. The minimum absolute atomic E-state index is 0.0882. The Morgan fingerprint density at radius 3 is 2.89 bits per heavy atom. The summed E-state index contributed by atoms with van der Waals surface area (Å²) >= 11 is 0. The van der Waals surface area contributed by atoms with Crippen molar-refractivity contribution in [2.24, 2.45) is 0 Å². The van der Waals surface area contributed by atoms with Gasteiger partial charge >= 0.3 is 0 Å². The number of carbonyl (C=O) groups is 1. The van der Waals surface area contributed by atoms with Crippen LogP contribution in [0.15, 0.2) is 41.2 Å². The first-order valence-electron chi connectivity index (χ1n) is 8.82. The lowest BCUT2D eigenvalue weighted by atomic mass is 10.1. The number of carbonyl (C=O) groups excluding carboxylic acids is 1. The molecular formula is C20H19N3O4. The molecule has 2 N–H and O–H groups in total. The van der Waals surface area contributed by atoms with Gasteiger partial charge in [-0.05, 0) is 26.0 Å². The summed E-state index contributed by atoms with van der Waals surface area (Å²) in [6.07, 6.45) is 0.890. The maximum Gasteiger partial charge on any atom is 0.276 e. The van der Waals surface area contributed by atoms with E-state index in [4.69, 9.17) is 9.47 Å². The fraction of sp³-hybridized carbons (Fsp3) is 0.250. The van der Waals surface area contributed by atoms with Gasteiger partial charge in [0.2, 0.25) is 0 Å². The Balaban J connectivity index is 1.73. The quantitative estimate of drug-likeness (QED) is 0.741. The molecule has 2 aromatic carbocycles. The molecule has 7 heteroatoms. The van der Waals surface area contributed by atoms with Gasteiger partial charge in [0.05, 0.1) is 17.7 Å². The second-order valence-electron chi connectivity index (χ2n) is 6.42. The molecule has 0 bridgehead atoms. The van der Waals surface area contributed by atoms with Crippen LogP contribution >= 0.6 is 0 Å². The number of ether oxygens (including phenoxy) is 2. The van der Waals surface area contributed by atoms with Crippen LogP contribution in [0.25, 0.3) is 10.8 Å². The van der Waals surface area contributed by atoms with E-state index in [2.05, 4.69) is 15.5 Å². The standard InChI is InChI=1S/C20H19N3O4/c1-3-26-17-9-12-8-11(2)27-16(12)10-15(17)21-20(25)18-13-6-4-5-7-14(13)19(24)23-22-18/h4-7,9-11H,3,8H2,1-2H3,(H,21,25)(H,23,24). The second kappa shape index (κ2) is 6.75. The third kappa shape index (κ3) is 3.12. The van der Waals surface area contributed by atoms with E-state index in [9.17, 15) is 9.59 Å². The molecule has 138 valence electrons. The van der Waals surface area contributed by atoms with Gasteiger partial charge in [-0.3, -0.25) is 9.59 Å². The number of fused-ring (bicyclic) bond motifs is 2. The number of anilines is 1. The minimum Gasteiger partial charge on any atom is -0.492 e. The van der Waals surface area contributed by atoms with E-state index in [1.165, 1.54) is 0 Å². The number of hydrogen-bond donors (Lipinski definition) is 2. The smallest absolute Gasteiger partial charge is 0.276 e. The summed E-state index contributed by atoms with van der Waals surface area (Å²) in [6.45, 7) is 4.35. The van der Waals surface area contributed by atoms with Gasteiger partial charge in [-0.25, -0.2) is 5.10 Å². The van der Waals surface area contributed by atoms with Crippen LogP contribution in [-0.4, -0.2) is 28.8 Å². The van der Waals surface area contributed by atoms with Crippen molar-refractivity contribution >= 4 is 22.4 Å². The van der Waals surface area contributed by atoms with Crippen LogP contribution in [0.4, 0.5) is 5.69 Å². The van der Waals surface area contributed by atoms with Crippen molar-refractivity contribution in [1.82, 2.24) is 10.2 Å². The molecular weight excluding hydrogens is 346 g/mol. The Morgan fingerprint density at radius 2 is 2.11 bits per heavy atom. The highest BCUT2D eigenvalue weighted by Gasteiger charge is 2.23. The molecule has 0 saturated carbocycles. The van der Waals surface area contributed by atoms with E-state index in [0.717, 1.165) is 17.7 Å². The molecule has 7 nitrogen and oxygen atoms in total. The van der Waals surface area contributed by atoms with Crippen LogP contribution in [0, 0.1) is 0 Å². The Hall–Kier alpha value is -3.35. The zero-order valence-electron chi connectivity index (χ0n) is 15.0. The van der Waals surface area contributed by atoms with Crippen LogP contribution < -0.4 is 20.3 Å². The predicted octanol–water partition coefficient (Wildman–Crippen LogP) is 2.90. The number of H-pyrrole nitrogens is 1.